The summed E-state index contributed by atoms with van der Waals surface area (Å²) in [6, 6.07) is 5.89. The van der Waals surface area contributed by atoms with Gasteiger partial charge in [-0.25, -0.2) is 4.98 Å². The average Bonchev–Trinajstić information content (AvgIpc) is 2.87. The van der Waals surface area contributed by atoms with Crippen LogP contribution in [0, 0.1) is 6.92 Å². The summed E-state index contributed by atoms with van der Waals surface area (Å²) in [6.07, 6.45) is 5.05. The molecule has 0 radical (unpaired) electrons. The zero-order valence-corrected chi connectivity index (χ0v) is 11.0. The van der Waals surface area contributed by atoms with Gasteiger partial charge < -0.3 is 10.5 Å². The molecule has 0 bridgehead atoms. The molecule has 2 aromatic heterocycles. The Morgan fingerprint density at radius 2 is 2.26 bits per heavy atom. The van der Waals surface area contributed by atoms with Crippen molar-refractivity contribution in [2.24, 2.45) is 5.73 Å². The maximum atomic E-state index is 5.90. The van der Waals surface area contributed by atoms with Crippen molar-refractivity contribution >= 4 is 0 Å². The molecular weight excluding hydrogens is 238 g/mol. The van der Waals surface area contributed by atoms with E-state index in [0.717, 1.165) is 35.5 Å². The molecule has 2 heterocycles. The molecule has 2 N–H and O–H groups in total. The molecule has 4 nitrogen and oxygen atoms in total. The maximum absolute atomic E-state index is 5.90. The van der Waals surface area contributed by atoms with Gasteiger partial charge in [0.25, 0.3) is 0 Å². The van der Waals surface area contributed by atoms with E-state index in [1.54, 1.807) is 6.20 Å². The minimum absolute atomic E-state index is 0.439. The topological polar surface area (TPSA) is 61.0 Å². The second kappa shape index (κ2) is 4.97. The summed E-state index contributed by atoms with van der Waals surface area (Å²) < 4.78 is 5.90. The Morgan fingerprint density at radius 3 is 3.05 bits per heavy atom. The number of fused-ring (bicyclic) bond motifs is 1. The number of pyridine rings is 2. The van der Waals surface area contributed by atoms with Crippen molar-refractivity contribution in [1.82, 2.24) is 9.97 Å². The van der Waals surface area contributed by atoms with Crippen molar-refractivity contribution in [1.29, 1.82) is 0 Å². The third-order valence-corrected chi connectivity index (χ3v) is 3.48. The molecule has 2 aromatic rings. The highest BCUT2D eigenvalue weighted by atomic mass is 16.5. The van der Waals surface area contributed by atoms with E-state index in [0.29, 0.717) is 12.4 Å². The molecule has 0 saturated heterocycles. The van der Waals surface area contributed by atoms with E-state index in [1.807, 2.05) is 19.1 Å². The third-order valence-electron chi connectivity index (χ3n) is 3.48. The number of aromatic nitrogens is 2. The molecule has 0 unspecified atom stereocenters. The van der Waals surface area contributed by atoms with Crippen LogP contribution >= 0.6 is 0 Å². The smallest absolute Gasteiger partial charge is 0.224 e. The molecule has 0 saturated carbocycles. The first kappa shape index (κ1) is 12.1. The lowest BCUT2D eigenvalue weighted by molar-refractivity contribution is 0.448. The number of aryl methyl sites for hydroxylation is 3. The van der Waals surface area contributed by atoms with Crippen molar-refractivity contribution in [3.05, 3.63) is 46.9 Å². The highest BCUT2D eigenvalue weighted by Gasteiger charge is 2.17. The minimum Gasteiger partial charge on any atom is -0.437 e. The van der Waals surface area contributed by atoms with Crippen LogP contribution in [-0.4, -0.2) is 9.97 Å². The fourth-order valence-electron chi connectivity index (χ4n) is 2.42. The summed E-state index contributed by atoms with van der Waals surface area (Å²) in [5, 5.41) is 0. The van der Waals surface area contributed by atoms with Gasteiger partial charge in [-0.15, -0.1) is 0 Å². The van der Waals surface area contributed by atoms with Crippen molar-refractivity contribution < 1.29 is 4.74 Å². The molecule has 0 spiro atoms. The Labute approximate surface area is 112 Å². The van der Waals surface area contributed by atoms with E-state index in [4.69, 9.17) is 10.5 Å². The van der Waals surface area contributed by atoms with E-state index in [1.165, 1.54) is 12.0 Å². The molecule has 3 rings (SSSR count). The number of ether oxygens (including phenoxy) is 1. The van der Waals surface area contributed by atoms with Crippen LogP contribution in [0.4, 0.5) is 0 Å². The Bertz CT molecular complexity index is 610. The Morgan fingerprint density at radius 1 is 1.37 bits per heavy atom. The van der Waals surface area contributed by atoms with Crippen LogP contribution in [0.2, 0.25) is 0 Å². The number of rotatable bonds is 3. The Hall–Kier alpha value is -1.94. The van der Waals surface area contributed by atoms with Gasteiger partial charge in [-0.2, -0.15) is 0 Å². The predicted molar refractivity (Wildman–Crippen MR) is 73.2 cm³/mol. The zero-order valence-electron chi connectivity index (χ0n) is 11.0. The minimum atomic E-state index is 0.439. The highest BCUT2D eigenvalue weighted by molar-refractivity contribution is 5.40. The molecule has 0 aromatic carbocycles. The van der Waals surface area contributed by atoms with Crippen LogP contribution in [0.15, 0.2) is 24.4 Å². The van der Waals surface area contributed by atoms with Crippen molar-refractivity contribution in [2.45, 2.75) is 32.7 Å². The van der Waals surface area contributed by atoms with Crippen LogP contribution in [0.1, 0.15) is 28.9 Å². The summed E-state index contributed by atoms with van der Waals surface area (Å²) in [7, 11) is 0. The molecule has 19 heavy (non-hydrogen) atoms. The van der Waals surface area contributed by atoms with Gasteiger partial charge in [-0.05, 0) is 49.9 Å². The van der Waals surface area contributed by atoms with Crippen LogP contribution in [0.5, 0.6) is 11.6 Å². The zero-order chi connectivity index (χ0) is 13.2. The number of hydrogen-bond acceptors (Lipinski definition) is 4. The van der Waals surface area contributed by atoms with Gasteiger partial charge in [0.15, 0.2) is 5.75 Å². The fraction of sp³-hybridized carbons (Fsp3) is 0.333. The second-order valence-electron chi connectivity index (χ2n) is 4.81. The molecule has 4 heteroatoms. The van der Waals surface area contributed by atoms with Gasteiger partial charge in [0.2, 0.25) is 5.88 Å². The van der Waals surface area contributed by atoms with Crippen molar-refractivity contribution in [2.75, 3.05) is 0 Å². The molecule has 98 valence electrons. The summed E-state index contributed by atoms with van der Waals surface area (Å²) in [4.78, 5) is 8.85. The number of hydrogen-bond donors (Lipinski definition) is 1. The van der Waals surface area contributed by atoms with Gasteiger partial charge >= 0.3 is 0 Å². The highest BCUT2D eigenvalue weighted by Crippen LogP contribution is 2.30. The maximum Gasteiger partial charge on any atom is 0.224 e. The summed E-state index contributed by atoms with van der Waals surface area (Å²) in [6.45, 7) is 2.36. The SMILES string of the molecule is Cc1ncccc1Oc1nc2c(cc1CN)CCC2. The summed E-state index contributed by atoms with van der Waals surface area (Å²) in [5.41, 5.74) is 10.1. The van der Waals surface area contributed by atoms with E-state index in [-0.39, 0.29) is 0 Å². The molecule has 0 amide bonds. The molecule has 1 aliphatic carbocycles. The Balaban J connectivity index is 1.98. The fourth-order valence-corrected chi connectivity index (χ4v) is 2.42. The number of nitrogens with zero attached hydrogens (tertiary/aromatic N) is 2. The largest absolute Gasteiger partial charge is 0.437 e. The molecular formula is C15H17N3O. The summed E-state index contributed by atoms with van der Waals surface area (Å²) in [5.74, 6) is 1.36. The van der Waals surface area contributed by atoms with E-state index in [2.05, 4.69) is 16.0 Å². The van der Waals surface area contributed by atoms with Gasteiger partial charge in [0.05, 0.1) is 5.69 Å². The molecule has 0 aliphatic heterocycles. The van der Waals surface area contributed by atoms with Crippen LogP contribution in [0.25, 0.3) is 0 Å². The Kier molecular flexibility index (Phi) is 3.17. The second-order valence-corrected chi connectivity index (χ2v) is 4.81. The number of nitrogens with two attached hydrogens (primary N) is 1. The van der Waals surface area contributed by atoms with E-state index in [9.17, 15) is 0 Å². The van der Waals surface area contributed by atoms with Gasteiger partial charge in [-0.3, -0.25) is 4.98 Å². The van der Waals surface area contributed by atoms with Crippen molar-refractivity contribution in [3.8, 4) is 11.6 Å². The first-order valence-electron chi connectivity index (χ1n) is 6.59. The standard InChI is InChI=1S/C15H17N3O/c1-10-14(6-3-7-17-10)19-15-12(9-16)8-11-4-2-5-13(11)18-15/h3,6-8H,2,4-5,9,16H2,1H3. The van der Waals surface area contributed by atoms with Crippen LogP contribution < -0.4 is 10.5 Å². The van der Waals surface area contributed by atoms with Crippen LogP contribution in [0.3, 0.4) is 0 Å². The normalized spacial score (nSPS) is 13.4. The van der Waals surface area contributed by atoms with Gasteiger partial charge in [-0.1, -0.05) is 0 Å². The first-order chi connectivity index (χ1) is 9.28. The first-order valence-corrected chi connectivity index (χ1v) is 6.59. The molecule has 1 aliphatic rings. The van der Waals surface area contributed by atoms with Gasteiger partial charge in [0, 0.05) is 24.0 Å². The predicted octanol–water partition coefficient (Wildman–Crippen LogP) is 2.52. The lowest BCUT2D eigenvalue weighted by Crippen LogP contribution is -2.04. The summed E-state index contributed by atoms with van der Waals surface area (Å²) >= 11 is 0. The average molecular weight is 255 g/mol. The van der Waals surface area contributed by atoms with E-state index < -0.39 is 0 Å². The quantitative estimate of drug-likeness (QED) is 0.915. The lowest BCUT2D eigenvalue weighted by atomic mass is 10.1. The van der Waals surface area contributed by atoms with Crippen LogP contribution in [-0.2, 0) is 19.4 Å². The molecule has 0 atom stereocenters. The van der Waals surface area contributed by atoms with E-state index >= 15 is 0 Å². The lowest BCUT2D eigenvalue weighted by Gasteiger charge is -2.12. The monoisotopic (exact) mass is 255 g/mol. The molecule has 0 fully saturated rings. The van der Waals surface area contributed by atoms with Gasteiger partial charge in [0.1, 0.15) is 0 Å². The third kappa shape index (κ3) is 2.31. The van der Waals surface area contributed by atoms with Crippen molar-refractivity contribution in [3.63, 3.8) is 0 Å².